The number of fused-ring (bicyclic) bond motifs is 1. The van der Waals surface area contributed by atoms with Crippen molar-refractivity contribution in [1.29, 1.82) is 0 Å². The molecule has 0 fully saturated rings. The molecule has 152 valence electrons. The van der Waals surface area contributed by atoms with Crippen molar-refractivity contribution in [2.24, 2.45) is 0 Å². The minimum atomic E-state index is -0.312. The largest absolute Gasteiger partial charge is 0.497 e. The van der Waals surface area contributed by atoms with Crippen LogP contribution in [0.1, 0.15) is 47.1 Å². The first-order valence-corrected chi connectivity index (χ1v) is 9.82. The van der Waals surface area contributed by atoms with Gasteiger partial charge in [0.05, 0.1) is 19.3 Å². The molecule has 0 spiro atoms. The van der Waals surface area contributed by atoms with Gasteiger partial charge < -0.3 is 14.2 Å². The molecule has 0 aliphatic carbocycles. The molecule has 0 bridgehead atoms. The molecular formula is C21H26N6O2. The van der Waals surface area contributed by atoms with Crippen molar-refractivity contribution in [2.45, 2.75) is 52.7 Å². The highest BCUT2D eigenvalue weighted by molar-refractivity contribution is 5.81. The zero-order valence-electron chi connectivity index (χ0n) is 17.3. The molecule has 4 rings (SSSR count). The van der Waals surface area contributed by atoms with E-state index in [2.05, 4.69) is 20.4 Å². The molecule has 1 aliphatic heterocycles. The lowest BCUT2D eigenvalue weighted by Gasteiger charge is -2.32. The van der Waals surface area contributed by atoms with Crippen LogP contribution in [0.4, 0.5) is 0 Å². The molecule has 3 aromatic rings. The number of amides is 1. The van der Waals surface area contributed by atoms with Crippen molar-refractivity contribution >= 4 is 5.91 Å². The van der Waals surface area contributed by atoms with Gasteiger partial charge in [-0.15, -0.1) is 10.2 Å². The van der Waals surface area contributed by atoms with Crippen molar-refractivity contribution in [2.75, 3.05) is 7.11 Å². The number of rotatable bonds is 6. The topological polar surface area (TPSA) is 88.9 Å². The Hall–Kier alpha value is -3.16. The van der Waals surface area contributed by atoms with Gasteiger partial charge in [0, 0.05) is 18.7 Å². The van der Waals surface area contributed by atoms with Crippen LogP contribution in [-0.4, -0.2) is 42.9 Å². The third kappa shape index (κ3) is 3.62. The Labute approximate surface area is 169 Å². The number of aromatic nitrogens is 5. The number of aryl methyl sites for hydroxylation is 3. The van der Waals surface area contributed by atoms with E-state index < -0.39 is 0 Å². The summed E-state index contributed by atoms with van der Waals surface area (Å²) in [6, 6.07) is 7.48. The smallest absolute Gasteiger partial charge is 0.246 e. The van der Waals surface area contributed by atoms with Crippen molar-refractivity contribution in [3.63, 3.8) is 0 Å². The third-order valence-corrected chi connectivity index (χ3v) is 5.64. The summed E-state index contributed by atoms with van der Waals surface area (Å²) in [7, 11) is 1.64. The van der Waals surface area contributed by atoms with E-state index in [0.29, 0.717) is 13.1 Å². The zero-order valence-corrected chi connectivity index (χ0v) is 17.3. The Morgan fingerprint density at radius 1 is 1.17 bits per heavy atom. The number of nitrogens with one attached hydrogen (secondary N) is 1. The molecule has 1 aliphatic rings. The Morgan fingerprint density at radius 2 is 1.93 bits per heavy atom. The van der Waals surface area contributed by atoms with Crippen LogP contribution in [0.2, 0.25) is 0 Å². The predicted octanol–water partition coefficient (Wildman–Crippen LogP) is 2.52. The van der Waals surface area contributed by atoms with E-state index in [-0.39, 0.29) is 11.9 Å². The quantitative estimate of drug-likeness (QED) is 0.694. The van der Waals surface area contributed by atoms with Crippen LogP contribution in [0.15, 0.2) is 24.3 Å². The van der Waals surface area contributed by atoms with Crippen LogP contribution < -0.4 is 4.74 Å². The molecule has 0 saturated heterocycles. The van der Waals surface area contributed by atoms with Gasteiger partial charge in [-0.2, -0.15) is 5.10 Å². The molecular weight excluding hydrogens is 368 g/mol. The number of aromatic amines is 1. The fourth-order valence-corrected chi connectivity index (χ4v) is 3.97. The van der Waals surface area contributed by atoms with Gasteiger partial charge in [0.25, 0.3) is 0 Å². The van der Waals surface area contributed by atoms with Gasteiger partial charge in [-0.25, -0.2) is 0 Å². The number of carbonyl (C=O) groups is 1. The van der Waals surface area contributed by atoms with E-state index >= 15 is 0 Å². The summed E-state index contributed by atoms with van der Waals surface area (Å²) >= 11 is 0. The van der Waals surface area contributed by atoms with Crippen LogP contribution in [0.25, 0.3) is 0 Å². The normalized spacial score (nSPS) is 16.2. The van der Waals surface area contributed by atoms with Crippen molar-refractivity contribution in [3.05, 3.63) is 58.4 Å². The van der Waals surface area contributed by atoms with Crippen LogP contribution in [0.3, 0.4) is 0 Å². The first-order chi connectivity index (χ1) is 14.0. The summed E-state index contributed by atoms with van der Waals surface area (Å²) in [5.41, 5.74) is 4.36. The van der Waals surface area contributed by atoms with Crippen LogP contribution in [0, 0.1) is 13.8 Å². The predicted molar refractivity (Wildman–Crippen MR) is 107 cm³/mol. The molecule has 1 aromatic carbocycles. The highest BCUT2D eigenvalue weighted by atomic mass is 16.5. The lowest BCUT2D eigenvalue weighted by atomic mass is 10.1. The fraction of sp³-hybridized carbons (Fsp3) is 0.429. The molecule has 1 N–H and O–H groups in total. The van der Waals surface area contributed by atoms with E-state index in [1.165, 1.54) is 5.56 Å². The number of benzene rings is 1. The molecule has 8 nitrogen and oxygen atoms in total. The van der Waals surface area contributed by atoms with Gasteiger partial charge >= 0.3 is 0 Å². The Balaban J connectivity index is 1.50. The van der Waals surface area contributed by atoms with E-state index in [4.69, 9.17) is 4.74 Å². The Morgan fingerprint density at radius 3 is 2.59 bits per heavy atom. The van der Waals surface area contributed by atoms with E-state index in [0.717, 1.165) is 47.2 Å². The number of hydrogen-bond donors (Lipinski definition) is 1. The highest BCUT2D eigenvalue weighted by Gasteiger charge is 2.33. The summed E-state index contributed by atoms with van der Waals surface area (Å²) in [6.07, 6.45) is 1.55. The lowest BCUT2D eigenvalue weighted by molar-refractivity contribution is -0.137. The third-order valence-electron chi connectivity index (χ3n) is 5.64. The van der Waals surface area contributed by atoms with Gasteiger partial charge in [0.2, 0.25) is 5.91 Å². The van der Waals surface area contributed by atoms with E-state index in [1.54, 1.807) is 7.11 Å². The number of carbonyl (C=O) groups excluding carboxylic acids is 1. The summed E-state index contributed by atoms with van der Waals surface area (Å²) in [5.74, 6) is 2.58. The second kappa shape index (κ2) is 7.69. The maximum atomic E-state index is 13.0. The number of methoxy groups -OCH3 is 1. The zero-order chi connectivity index (χ0) is 20.5. The maximum absolute atomic E-state index is 13.0. The molecule has 0 unspecified atom stereocenters. The highest BCUT2D eigenvalue weighted by Crippen LogP contribution is 2.26. The molecule has 1 atom stereocenters. The number of ether oxygens (including phenoxy) is 1. The van der Waals surface area contributed by atoms with Crippen LogP contribution in [0.5, 0.6) is 5.75 Å². The first-order valence-electron chi connectivity index (χ1n) is 9.82. The first kappa shape index (κ1) is 19.2. The molecule has 1 amide bonds. The minimum Gasteiger partial charge on any atom is -0.497 e. The fourth-order valence-electron chi connectivity index (χ4n) is 3.97. The van der Waals surface area contributed by atoms with Crippen molar-refractivity contribution in [1.82, 2.24) is 29.9 Å². The van der Waals surface area contributed by atoms with Gasteiger partial charge in [0.1, 0.15) is 17.6 Å². The van der Waals surface area contributed by atoms with Gasteiger partial charge in [-0.1, -0.05) is 12.1 Å². The second-order valence-corrected chi connectivity index (χ2v) is 7.53. The molecule has 0 radical (unpaired) electrons. The Bertz CT molecular complexity index is 1000. The van der Waals surface area contributed by atoms with Gasteiger partial charge in [0.15, 0.2) is 5.82 Å². The van der Waals surface area contributed by atoms with Crippen molar-refractivity contribution < 1.29 is 9.53 Å². The monoisotopic (exact) mass is 394 g/mol. The number of nitrogens with zero attached hydrogens (tertiary/aromatic N) is 5. The summed E-state index contributed by atoms with van der Waals surface area (Å²) in [4.78, 5) is 14.9. The average Bonchev–Trinajstić information content (AvgIpc) is 3.27. The van der Waals surface area contributed by atoms with Crippen LogP contribution in [-0.2, 0) is 30.7 Å². The molecule has 8 heteroatoms. The molecule has 0 saturated carbocycles. The SMILES string of the molecule is COc1ccc(CN2Cc3nnc(CCc4c(C)n[nH]c4C)n3[C@@H](C)C2=O)cc1. The number of hydrogen-bond acceptors (Lipinski definition) is 5. The standard InChI is InChI=1S/C21H26N6O2/c1-13-18(14(2)23-22-13)9-10-19-24-25-20-12-26(21(28)15(3)27(19)20)11-16-5-7-17(29-4)8-6-16/h5-8,15H,9-12H2,1-4H3,(H,22,23)/t15-/m0/s1. The van der Waals surface area contributed by atoms with E-state index in [9.17, 15) is 4.79 Å². The van der Waals surface area contributed by atoms with Gasteiger partial charge in [-0.3, -0.25) is 9.89 Å². The summed E-state index contributed by atoms with van der Waals surface area (Å²) in [5, 5.41) is 16.0. The molecule has 3 heterocycles. The number of H-pyrrole nitrogens is 1. The molecule has 2 aromatic heterocycles. The Kier molecular flexibility index (Phi) is 5.08. The average molecular weight is 394 g/mol. The minimum absolute atomic E-state index is 0.0880. The van der Waals surface area contributed by atoms with Crippen molar-refractivity contribution in [3.8, 4) is 5.75 Å². The maximum Gasteiger partial charge on any atom is 0.246 e. The van der Waals surface area contributed by atoms with E-state index in [1.807, 2.05) is 54.5 Å². The van der Waals surface area contributed by atoms with Gasteiger partial charge in [-0.05, 0) is 50.5 Å². The second-order valence-electron chi connectivity index (χ2n) is 7.53. The summed E-state index contributed by atoms with van der Waals surface area (Å²) < 4.78 is 7.20. The summed E-state index contributed by atoms with van der Waals surface area (Å²) in [6.45, 7) is 6.96. The van der Waals surface area contributed by atoms with Crippen LogP contribution >= 0.6 is 0 Å². The lowest BCUT2D eigenvalue weighted by Crippen LogP contribution is -2.41. The molecule has 29 heavy (non-hydrogen) atoms.